The lowest BCUT2D eigenvalue weighted by Gasteiger charge is -2.07. The lowest BCUT2D eigenvalue weighted by Crippen LogP contribution is -2.22. The van der Waals surface area contributed by atoms with Crippen LogP contribution in [0.1, 0.15) is 6.92 Å². The maximum absolute atomic E-state index is 11.3. The van der Waals surface area contributed by atoms with Crippen LogP contribution in [0, 0.1) is 0 Å². The highest BCUT2D eigenvalue weighted by atomic mass is 16.5. The van der Waals surface area contributed by atoms with Gasteiger partial charge in [-0.2, -0.15) is 0 Å². The Labute approximate surface area is 105 Å². The normalized spacial score (nSPS) is 11.9. The van der Waals surface area contributed by atoms with Gasteiger partial charge in [0.05, 0.1) is 0 Å². The first-order valence-corrected chi connectivity index (χ1v) is 5.57. The number of pyridine rings is 1. The number of ether oxygens (including phenoxy) is 1. The first-order chi connectivity index (χ1) is 8.66. The van der Waals surface area contributed by atoms with Crippen LogP contribution in [0.2, 0.25) is 0 Å². The smallest absolute Gasteiger partial charge is 0.340 e. The van der Waals surface area contributed by atoms with E-state index >= 15 is 0 Å². The van der Waals surface area contributed by atoms with Crippen molar-refractivity contribution < 1.29 is 14.6 Å². The zero-order chi connectivity index (χ0) is 13.0. The Morgan fingerprint density at radius 2 is 1.94 bits per heavy atom. The number of carbonyl (C=O) groups excluding carboxylic acids is 1. The van der Waals surface area contributed by atoms with Gasteiger partial charge in [0.1, 0.15) is 11.9 Å². The summed E-state index contributed by atoms with van der Waals surface area (Å²) < 4.78 is 5.03. The van der Waals surface area contributed by atoms with E-state index in [1.165, 1.54) is 6.92 Å². The van der Waals surface area contributed by atoms with E-state index in [0.717, 1.165) is 11.1 Å². The zero-order valence-corrected chi connectivity index (χ0v) is 9.91. The number of benzene rings is 1. The lowest BCUT2D eigenvalue weighted by molar-refractivity contribution is -0.142. The highest BCUT2D eigenvalue weighted by molar-refractivity contribution is 5.77. The average molecular weight is 243 g/mol. The number of rotatable bonds is 3. The van der Waals surface area contributed by atoms with E-state index in [-0.39, 0.29) is 0 Å². The number of aliphatic hydroxyl groups is 1. The van der Waals surface area contributed by atoms with Crippen LogP contribution in [-0.2, 0) is 4.79 Å². The SMILES string of the molecule is CC(O)C(=O)Oc1cccc(-c2ccncc2)c1. The van der Waals surface area contributed by atoms with Crippen molar-refractivity contribution in [2.24, 2.45) is 0 Å². The molecule has 1 atom stereocenters. The molecule has 0 aliphatic heterocycles. The van der Waals surface area contributed by atoms with Gasteiger partial charge in [-0.3, -0.25) is 4.98 Å². The summed E-state index contributed by atoms with van der Waals surface area (Å²) in [6.07, 6.45) is 2.27. The quantitative estimate of drug-likeness (QED) is 0.662. The standard InChI is InChI=1S/C14H13NO3/c1-10(16)14(17)18-13-4-2-3-12(9-13)11-5-7-15-8-6-11/h2-10,16H,1H3. The second kappa shape index (κ2) is 5.42. The molecular formula is C14H13NO3. The van der Waals surface area contributed by atoms with Crippen molar-refractivity contribution in [2.75, 3.05) is 0 Å². The third-order valence-corrected chi connectivity index (χ3v) is 2.41. The van der Waals surface area contributed by atoms with Crippen LogP contribution in [0.5, 0.6) is 5.75 Å². The number of aromatic nitrogens is 1. The first-order valence-electron chi connectivity index (χ1n) is 5.57. The number of nitrogens with zero attached hydrogens (tertiary/aromatic N) is 1. The molecule has 0 aliphatic rings. The Morgan fingerprint density at radius 1 is 1.22 bits per heavy atom. The van der Waals surface area contributed by atoms with Crippen LogP contribution < -0.4 is 4.74 Å². The van der Waals surface area contributed by atoms with Crippen molar-refractivity contribution in [3.8, 4) is 16.9 Å². The lowest BCUT2D eigenvalue weighted by atomic mass is 10.1. The van der Waals surface area contributed by atoms with Crippen LogP contribution in [0.4, 0.5) is 0 Å². The summed E-state index contributed by atoms with van der Waals surface area (Å²) in [6.45, 7) is 1.37. The molecule has 0 aliphatic carbocycles. The minimum absolute atomic E-state index is 0.412. The Hall–Kier alpha value is -2.20. The average Bonchev–Trinajstić information content (AvgIpc) is 2.40. The molecule has 4 heteroatoms. The summed E-state index contributed by atoms with van der Waals surface area (Å²) in [4.78, 5) is 15.2. The molecule has 1 heterocycles. The fourth-order valence-electron chi connectivity index (χ4n) is 1.48. The number of hydrogen-bond donors (Lipinski definition) is 1. The fourth-order valence-corrected chi connectivity index (χ4v) is 1.48. The molecule has 0 fully saturated rings. The van der Waals surface area contributed by atoms with Gasteiger partial charge in [0.2, 0.25) is 0 Å². The molecule has 0 radical (unpaired) electrons. The molecule has 92 valence electrons. The van der Waals surface area contributed by atoms with Crippen molar-refractivity contribution in [3.05, 3.63) is 48.8 Å². The molecular weight excluding hydrogens is 230 g/mol. The van der Waals surface area contributed by atoms with E-state index in [9.17, 15) is 4.79 Å². The number of carbonyl (C=O) groups is 1. The summed E-state index contributed by atoms with van der Waals surface area (Å²) >= 11 is 0. The molecule has 0 amide bonds. The minimum atomic E-state index is -1.13. The van der Waals surface area contributed by atoms with Crippen molar-refractivity contribution >= 4 is 5.97 Å². The number of aliphatic hydroxyl groups excluding tert-OH is 1. The predicted octanol–water partition coefficient (Wildman–Crippen LogP) is 2.03. The molecule has 0 bridgehead atoms. The molecule has 0 spiro atoms. The predicted molar refractivity (Wildman–Crippen MR) is 67.0 cm³/mol. The van der Waals surface area contributed by atoms with Crippen LogP contribution in [0.25, 0.3) is 11.1 Å². The third kappa shape index (κ3) is 2.93. The van der Waals surface area contributed by atoms with Crippen molar-refractivity contribution in [2.45, 2.75) is 13.0 Å². The van der Waals surface area contributed by atoms with Crippen LogP contribution >= 0.6 is 0 Å². The second-order valence-corrected chi connectivity index (χ2v) is 3.86. The Balaban J connectivity index is 2.23. The monoisotopic (exact) mass is 243 g/mol. The summed E-state index contributed by atoms with van der Waals surface area (Å²) in [7, 11) is 0. The highest BCUT2D eigenvalue weighted by Gasteiger charge is 2.11. The van der Waals surface area contributed by atoms with Gasteiger partial charge in [-0.05, 0) is 42.3 Å². The largest absolute Gasteiger partial charge is 0.425 e. The Morgan fingerprint density at radius 3 is 2.61 bits per heavy atom. The molecule has 4 nitrogen and oxygen atoms in total. The fraction of sp³-hybridized carbons (Fsp3) is 0.143. The highest BCUT2D eigenvalue weighted by Crippen LogP contribution is 2.23. The maximum Gasteiger partial charge on any atom is 0.340 e. The van der Waals surface area contributed by atoms with Gasteiger partial charge in [-0.15, -0.1) is 0 Å². The molecule has 0 saturated carbocycles. The van der Waals surface area contributed by atoms with Crippen LogP contribution in [0.3, 0.4) is 0 Å². The second-order valence-electron chi connectivity index (χ2n) is 3.86. The summed E-state index contributed by atoms with van der Waals surface area (Å²) in [5.74, 6) is -0.253. The van der Waals surface area contributed by atoms with Gasteiger partial charge in [0, 0.05) is 12.4 Å². The molecule has 1 aromatic carbocycles. The van der Waals surface area contributed by atoms with E-state index in [0.29, 0.717) is 5.75 Å². The van der Waals surface area contributed by atoms with Crippen molar-refractivity contribution in [3.63, 3.8) is 0 Å². The molecule has 2 rings (SSSR count). The minimum Gasteiger partial charge on any atom is -0.425 e. The van der Waals surface area contributed by atoms with Gasteiger partial charge < -0.3 is 9.84 Å². The molecule has 18 heavy (non-hydrogen) atoms. The van der Waals surface area contributed by atoms with Crippen molar-refractivity contribution in [1.82, 2.24) is 4.98 Å². The van der Waals surface area contributed by atoms with Crippen LogP contribution in [0.15, 0.2) is 48.8 Å². The van der Waals surface area contributed by atoms with E-state index in [4.69, 9.17) is 9.84 Å². The van der Waals surface area contributed by atoms with Crippen LogP contribution in [-0.4, -0.2) is 22.2 Å². The number of esters is 1. The molecule has 2 aromatic rings. The maximum atomic E-state index is 11.3. The Kier molecular flexibility index (Phi) is 3.69. The van der Waals surface area contributed by atoms with Gasteiger partial charge in [0.25, 0.3) is 0 Å². The first kappa shape index (κ1) is 12.3. The Bertz CT molecular complexity index is 538. The van der Waals surface area contributed by atoms with Gasteiger partial charge in [0.15, 0.2) is 0 Å². The topological polar surface area (TPSA) is 59.4 Å². The van der Waals surface area contributed by atoms with E-state index < -0.39 is 12.1 Å². The zero-order valence-electron chi connectivity index (χ0n) is 9.91. The summed E-state index contributed by atoms with van der Waals surface area (Å²) in [5, 5.41) is 9.09. The van der Waals surface area contributed by atoms with Crippen molar-refractivity contribution in [1.29, 1.82) is 0 Å². The molecule has 0 saturated heterocycles. The van der Waals surface area contributed by atoms with Gasteiger partial charge in [-0.1, -0.05) is 12.1 Å². The number of hydrogen-bond acceptors (Lipinski definition) is 4. The summed E-state index contributed by atoms with van der Waals surface area (Å²) in [6, 6.07) is 10.9. The van der Waals surface area contributed by atoms with Gasteiger partial charge >= 0.3 is 5.97 Å². The summed E-state index contributed by atoms with van der Waals surface area (Å²) in [5.41, 5.74) is 1.91. The van der Waals surface area contributed by atoms with Gasteiger partial charge in [-0.25, -0.2) is 4.79 Å². The molecule has 1 aromatic heterocycles. The molecule has 1 unspecified atom stereocenters. The van der Waals surface area contributed by atoms with E-state index in [2.05, 4.69) is 4.98 Å². The van der Waals surface area contributed by atoms with E-state index in [1.807, 2.05) is 18.2 Å². The third-order valence-electron chi connectivity index (χ3n) is 2.41. The molecule has 1 N–H and O–H groups in total. The van der Waals surface area contributed by atoms with E-state index in [1.54, 1.807) is 30.6 Å².